The van der Waals surface area contributed by atoms with E-state index in [0.29, 0.717) is 11.1 Å². The number of hydrogen-bond donors (Lipinski definition) is 0. The molecular weight excluding hydrogens is 764 g/mol. The number of Topliss-reactive ketones (excluding diaryl/α,β-unsaturated/α-hetero) is 2. The zero-order chi connectivity index (χ0) is 33.0. The number of ether oxygens (including phenoxy) is 4. The van der Waals surface area contributed by atoms with Gasteiger partial charge in [-0.25, -0.2) is 0 Å². The Hall–Kier alpha value is 0.200. The minimum atomic E-state index is -1.67. The van der Waals surface area contributed by atoms with Crippen LogP contribution in [0.2, 0.25) is 0 Å². The van der Waals surface area contributed by atoms with Crippen molar-refractivity contribution in [1.82, 2.24) is 0 Å². The molecule has 0 spiro atoms. The molecule has 0 aromatic carbocycles. The molecule has 8 bridgehead atoms. The van der Waals surface area contributed by atoms with Crippen LogP contribution in [0.3, 0.4) is 0 Å². The Morgan fingerprint density at radius 2 is 0.783 bits per heavy atom. The molecule has 0 heterocycles. The molecule has 0 unspecified atom stereocenters. The van der Waals surface area contributed by atoms with Gasteiger partial charge >= 0.3 is 0 Å². The van der Waals surface area contributed by atoms with Crippen LogP contribution >= 0.6 is 92.8 Å². The highest BCUT2D eigenvalue weighted by molar-refractivity contribution is 6.53. The molecule has 3 saturated carbocycles. The van der Waals surface area contributed by atoms with Gasteiger partial charge in [-0.3, -0.25) is 9.59 Å². The van der Waals surface area contributed by atoms with Crippen LogP contribution in [0, 0.1) is 59.2 Å². The maximum Gasteiger partial charge on any atom is 0.217 e. The summed E-state index contributed by atoms with van der Waals surface area (Å²) in [4.78, 5) is 24.0. The smallest absolute Gasteiger partial charge is 0.217 e. The minimum absolute atomic E-state index is 0.112. The summed E-state index contributed by atoms with van der Waals surface area (Å²) in [5, 5.41) is 0.470. The number of alkyl halides is 4. The van der Waals surface area contributed by atoms with Gasteiger partial charge in [0.2, 0.25) is 11.6 Å². The molecular formula is C32H26Cl8O6. The number of fused-ring (bicyclic) bond motifs is 4. The summed E-state index contributed by atoms with van der Waals surface area (Å²) in [6.07, 6.45) is 7.81. The highest BCUT2D eigenvalue weighted by atomic mass is 35.5. The zero-order valence-corrected chi connectivity index (χ0v) is 30.6. The molecule has 11 aliphatic carbocycles. The summed E-state index contributed by atoms with van der Waals surface area (Å²) in [5.41, 5.74) is 0.840. The van der Waals surface area contributed by atoms with Crippen LogP contribution < -0.4 is 0 Å². The van der Waals surface area contributed by atoms with E-state index in [0.717, 1.165) is 0 Å². The Balaban J connectivity index is 1.22. The fourth-order valence-electron chi connectivity index (χ4n) is 12.2. The van der Waals surface area contributed by atoms with Gasteiger partial charge in [-0.2, -0.15) is 0 Å². The van der Waals surface area contributed by atoms with Crippen LogP contribution in [0.4, 0.5) is 0 Å². The first kappa shape index (κ1) is 32.1. The monoisotopic (exact) mass is 786 g/mol. The van der Waals surface area contributed by atoms with Crippen LogP contribution in [0.25, 0.3) is 0 Å². The van der Waals surface area contributed by atoms with Crippen molar-refractivity contribution in [2.24, 2.45) is 59.2 Å². The summed E-state index contributed by atoms with van der Waals surface area (Å²) in [7, 11) is 5.76. The largest absolute Gasteiger partial charge is 0.350 e. The standard InChI is InChI=1S/C32H26Cl8O6/c1-43-31(44-2)27(37)17-9-5-6-10(18(17)28(31,38)24(34)23(27)33)14-13(9)21(41)15-11-7-8-12(16(15)22(14)42)20-19(11)29(39)25(35)26(36)30(20,40)32(29,45-3)46-4/h5-14,17-20H,1-4H3/t9-,10+,11+,12-,13+,14-,17-,18+,19+,20-,27-,28+,29+,30-. The molecule has 0 aromatic heterocycles. The molecule has 14 atom stereocenters. The van der Waals surface area contributed by atoms with Crippen molar-refractivity contribution in [3.05, 3.63) is 55.6 Å². The summed E-state index contributed by atoms with van der Waals surface area (Å²) < 4.78 is 24.0. The lowest BCUT2D eigenvalue weighted by molar-refractivity contribution is -0.221. The first-order valence-corrected chi connectivity index (χ1v) is 18.0. The summed E-state index contributed by atoms with van der Waals surface area (Å²) in [6, 6.07) is 0. The maximum atomic E-state index is 15.1. The van der Waals surface area contributed by atoms with Crippen molar-refractivity contribution in [1.29, 1.82) is 0 Å². The molecule has 14 heteroatoms. The van der Waals surface area contributed by atoms with Crippen LogP contribution in [-0.2, 0) is 28.5 Å². The summed E-state index contributed by atoms with van der Waals surface area (Å²) in [5.74, 6) is -9.54. The maximum absolute atomic E-state index is 15.1. The highest BCUT2D eigenvalue weighted by Crippen LogP contribution is 2.82. The van der Waals surface area contributed by atoms with E-state index in [1.165, 1.54) is 28.4 Å². The van der Waals surface area contributed by atoms with Gasteiger partial charge in [0.15, 0.2) is 11.6 Å². The number of rotatable bonds is 4. The second kappa shape index (κ2) is 9.16. The van der Waals surface area contributed by atoms with Crippen molar-refractivity contribution in [3.63, 3.8) is 0 Å². The van der Waals surface area contributed by atoms with E-state index in [1.54, 1.807) is 0 Å². The van der Waals surface area contributed by atoms with E-state index in [4.69, 9.17) is 112 Å². The third kappa shape index (κ3) is 2.60. The fraction of sp³-hybridized carbons (Fsp3) is 0.625. The molecule has 0 aromatic rings. The zero-order valence-electron chi connectivity index (χ0n) is 24.6. The molecule has 0 N–H and O–H groups in total. The van der Waals surface area contributed by atoms with Crippen molar-refractivity contribution in [2.75, 3.05) is 28.4 Å². The van der Waals surface area contributed by atoms with Gasteiger partial charge in [0.05, 0.1) is 20.1 Å². The third-order valence-corrected chi connectivity index (χ3v) is 18.6. The summed E-state index contributed by atoms with van der Waals surface area (Å²) in [6.45, 7) is 0. The number of carbonyl (C=O) groups is 2. The van der Waals surface area contributed by atoms with Gasteiger partial charge in [-0.15, -0.1) is 46.4 Å². The molecule has 0 saturated heterocycles. The highest BCUT2D eigenvalue weighted by Gasteiger charge is 2.90. The predicted molar refractivity (Wildman–Crippen MR) is 176 cm³/mol. The Bertz CT molecular complexity index is 1610. The lowest BCUT2D eigenvalue weighted by atomic mass is 9.44. The van der Waals surface area contributed by atoms with E-state index in [1.807, 2.05) is 24.3 Å². The molecule has 11 rings (SSSR count). The van der Waals surface area contributed by atoms with Crippen molar-refractivity contribution in [3.8, 4) is 0 Å². The first-order chi connectivity index (χ1) is 21.6. The molecule has 0 aliphatic heterocycles. The van der Waals surface area contributed by atoms with E-state index in [-0.39, 0.29) is 31.7 Å². The lowest BCUT2D eigenvalue weighted by Crippen LogP contribution is -2.63. The second-order valence-corrected chi connectivity index (χ2v) is 17.7. The van der Waals surface area contributed by atoms with E-state index >= 15 is 9.59 Å². The third-order valence-electron chi connectivity index (χ3n) is 13.3. The fourth-order valence-corrected chi connectivity index (χ4v) is 16.8. The average molecular weight is 790 g/mol. The number of allylic oxidation sites excluding steroid dienone is 6. The van der Waals surface area contributed by atoms with Crippen molar-refractivity contribution >= 4 is 104 Å². The van der Waals surface area contributed by atoms with Gasteiger partial charge in [-0.05, 0) is 11.8 Å². The van der Waals surface area contributed by atoms with Gasteiger partial charge < -0.3 is 18.9 Å². The minimum Gasteiger partial charge on any atom is -0.350 e. The van der Waals surface area contributed by atoms with Gasteiger partial charge in [0.1, 0.15) is 19.5 Å². The molecule has 11 aliphatic rings. The van der Waals surface area contributed by atoms with Gasteiger partial charge in [-0.1, -0.05) is 70.7 Å². The van der Waals surface area contributed by atoms with Crippen LogP contribution in [0.15, 0.2) is 55.6 Å². The normalized spacial score (nSPS) is 53.9. The van der Waals surface area contributed by atoms with E-state index in [2.05, 4.69) is 0 Å². The molecule has 6 nitrogen and oxygen atoms in total. The van der Waals surface area contributed by atoms with Crippen LogP contribution in [-0.4, -0.2) is 71.1 Å². The molecule has 0 radical (unpaired) electrons. The lowest BCUT2D eigenvalue weighted by Gasteiger charge is -2.59. The number of hydrogen-bond acceptors (Lipinski definition) is 6. The van der Waals surface area contributed by atoms with Gasteiger partial charge in [0, 0.05) is 86.9 Å². The molecule has 46 heavy (non-hydrogen) atoms. The number of carbonyl (C=O) groups excluding carboxylic acids is 2. The number of halogens is 8. The van der Waals surface area contributed by atoms with Crippen LogP contribution in [0.5, 0.6) is 0 Å². The second-order valence-electron chi connectivity index (χ2n) is 13.8. The predicted octanol–water partition coefficient (Wildman–Crippen LogP) is 7.09. The summed E-state index contributed by atoms with van der Waals surface area (Å²) >= 11 is 57.6. The number of methoxy groups -OCH3 is 4. The number of ketones is 2. The average Bonchev–Trinajstić information content (AvgIpc) is 3.49. The quantitative estimate of drug-likeness (QED) is 0.172. The van der Waals surface area contributed by atoms with E-state index < -0.39 is 90.2 Å². The Kier molecular flexibility index (Phi) is 6.40. The van der Waals surface area contributed by atoms with E-state index in [9.17, 15) is 0 Å². The molecule has 246 valence electrons. The van der Waals surface area contributed by atoms with Crippen molar-refractivity contribution in [2.45, 2.75) is 31.1 Å². The Morgan fingerprint density at radius 1 is 0.500 bits per heavy atom. The molecule has 3 fully saturated rings. The topological polar surface area (TPSA) is 71.1 Å². The van der Waals surface area contributed by atoms with Gasteiger partial charge in [0.25, 0.3) is 0 Å². The van der Waals surface area contributed by atoms with Crippen molar-refractivity contribution < 1.29 is 28.5 Å². The molecule has 0 amide bonds. The SMILES string of the molecule is COC1(OC)[C@@]2(Cl)C(Cl)=C(Cl)[C@]1(Cl)[C@@H]1[C@@H]3C=C[C@@H]([C@H]4C(=O)C5=C(C(=O)[C@@H]34)[C@@H]3C=C[C@H]5[C@@H]4[C@H]3[C@]3(Cl)C(Cl)=C(Cl)[C@@]4(Cl)C3(OC)OC)[C@@H]12. The Labute approximate surface area is 305 Å². The Morgan fingerprint density at radius 3 is 1.07 bits per heavy atom. The van der Waals surface area contributed by atoms with Crippen LogP contribution in [0.1, 0.15) is 0 Å². The first-order valence-electron chi connectivity index (χ1n) is 14.9.